The van der Waals surface area contributed by atoms with Gasteiger partial charge in [-0.3, -0.25) is 0 Å². The van der Waals surface area contributed by atoms with E-state index in [1.54, 1.807) is 18.0 Å². The topological polar surface area (TPSA) is 36.4 Å². The third kappa shape index (κ3) is 4.47. The molecule has 2 heterocycles. The lowest BCUT2D eigenvalue weighted by molar-refractivity contribution is -0.890. The molecule has 0 saturated carbocycles. The number of aliphatic hydroxyl groups excluding tert-OH is 1. The van der Waals surface area contributed by atoms with Crippen LogP contribution in [-0.2, 0) is 0 Å². The lowest BCUT2D eigenvalue weighted by atomic mass is 10.2. The summed E-state index contributed by atoms with van der Waals surface area (Å²) in [6.07, 6.45) is 3.63. The molecule has 2 aromatic rings. The number of nitrogens with zero attached hydrogens (tertiary/aromatic N) is 3. The van der Waals surface area contributed by atoms with Crippen LogP contribution in [0.1, 0.15) is 12.8 Å². The highest BCUT2D eigenvalue weighted by Gasteiger charge is 2.25. The predicted molar refractivity (Wildman–Crippen MR) is 105 cm³/mol. The van der Waals surface area contributed by atoms with Gasteiger partial charge in [-0.2, -0.15) is 0 Å². The van der Waals surface area contributed by atoms with Crippen LogP contribution in [0.15, 0.2) is 46.3 Å². The maximum Gasteiger partial charge on any atom is 0.147 e. The molecule has 0 fully saturated rings. The Kier molecular flexibility index (Phi) is 5.89. The van der Waals surface area contributed by atoms with Crippen molar-refractivity contribution in [1.82, 2.24) is 4.98 Å². The molecule has 1 aromatic carbocycles. The first kappa shape index (κ1) is 18.5. The smallest absolute Gasteiger partial charge is 0.147 e. The third-order valence-corrected chi connectivity index (χ3v) is 5.79. The van der Waals surface area contributed by atoms with Gasteiger partial charge in [-0.05, 0) is 18.2 Å². The summed E-state index contributed by atoms with van der Waals surface area (Å²) < 4.78 is 0.922. The molecule has 6 heteroatoms. The fraction of sp³-hybridized carbons (Fsp3) is 0.421. The molecule has 0 radical (unpaired) electrons. The monoisotopic (exact) mass is 378 g/mol. The number of quaternary nitrogens is 1. The average molecular weight is 379 g/mol. The number of benzene rings is 1. The molecule has 0 unspecified atom stereocenters. The Morgan fingerprint density at radius 3 is 2.72 bits per heavy atom. The second kappa shape index (κ2) is 7.96. The fourth-order valence-corrected chi connectivity index (χ4v) is 4.51. The zero-order valence-corrected chi connectivity index (χ0v) is 16.4. The zero-order valence-electron chi connectivity index (χ0n) is 14.8. The Morgan fingerprint density at radius 1 is 1.16 bits per heavy atom. The van der Waals surface area contributed by atoms with E-state index in [1.807, 2.05) is 6.07 Å². The first-order valence-electron chi connectivity index (χ1n) is 8.63. The molecule has 0 bridgehead atoms. The summed E-state index contributed by atoms with van der Waals surface area (Å²) in [4.78, 5) is 9.26. The van der Waals surface area contributed by atoms with Crippen LogP contribution in [0.5, 0.6) is 0 Å². The summed E-state index contributed by atoms with van der Waals surface area (Å²) in [5, 5.41) is 9.73. The molecule has 0 saturated heterocycles. The van der Waals surface area contributed by atoms with E-state index in [-0.39, 0.29) is 6.61 Å². The van der Waals surface area contributed by atoms with Gasteiger partial charge in [0, 0.05) is 37.1 Å². The Balaban J connectivity index is 1.77. The van der Waals surface area contributed by atoms with Crippen LogP contribution < -0.4 is 4.90 Å². The second-order valence-electron chi connectivity index (χ2n) is 7.01. The Labute approximate surface area is 159 Å². The molecule has 3 rings (SSSR count). The number of pyridine rings is 1. The molecule has 0 amide bonds. The van der Waals surface area contributed by atoms with Crippen LogP contribution in [0, 0.1) is 0 Å². The summed E-state index contributed by atoms with van der Waals surface area (Å²) in [6, 6.07) is 10.5. The van der Waals surface area contributed by atoms with Crippen LogP contribution in [0.3, 0.4) is 0 Å². The molecule has 1 aliphatic heterocycles. The highest BCUT2D eigenvalue weighted by molar-refractivity contribution is 7.99. The predicted octanol–water partition coefficient (Wildman–Crippen LogP) is 4.19. The minimum atomic E-state index is 0.260. The van der Waals surface area contributed by atoms with E-state index in [0.717, 1.165) is 47.7 Å². The molecule has 0 aliphatic carbocycles. The Bertz CT molecular complexity index is 738. The average Bonchev–Trinajstić information content (AvgIpc) is 2.59. The van der Waals surface area contributed by atoms with Gasteiger partial charge in [-0.1, -0.05) is 35.5 Å². The van der Waals surface area contributed by atoms with Crippen LogP contribution >= 0.6 is 23.4 Å². The highest BCUT2D eigenvalue weighted by Crippen LogP contribution is 2.47. The molecule has 1 aliphatic rings. The number of anilines is 2. The van der Waals surface area contributed by atoms with E-state index in [2.05, 4.69) is 48.2 Å². The molecule has 1 aromatic heterocycles. The number of rotatable bonds is 7. The fourth-order valence-electron chi connectivity index (χ4n) is 3.18. The molecule has 4 nitrogen and oxygen atoms in total. The summed E-state index contributed by atoms with van der Waals surface area (Å²) in [5.74, 6) is 0.994. The first-order chi connectivity index (χ1) is 12.0. The van der Waals surface area contributed by atoms with E-state index in [0.29, 0.717) is 5.02 Å². The van der Waals surface area contributed by atoms with Crippen LogP contribution in [-0.4, -0.2) is 54.9 Å². The molecule has 25 heavy (non-hydrogen) atoms. The molecule has 1 N–H and O–H groups in total. The number of halogens is 1. The van der Waals surface area contributed by atoms with Crippen molar-refractivity contribution < 1.29 is 9.59 Å². The summed E-state index contributed by atoms with van der Waals surface area (Å²) in [5.41, 5.74) is 1.22. The minimum Gasteiger partial charge on any atom is -0.396 e. The lowest BCUT2D eigenvalue weighted by Crippen LogP contribution is -2.42. The normalized spacial score (nSPS) is 13.5. The molecular formula is C19H25ClN3OS+. The van der Waals surface area contributed by atoms with Gasteiger partial charge in [-0.15, -0.1) is 0 Å². The standard InChI is InChI=1S/C19H25ClN3OS/c1-23(2,11-6-12-24)10-5-9-22-16-7-3-4-8-17(16)25-18-13-15(20)14-21-19(18)22/h3-4,7-8,13-14,24H,5-6,9-12H2,1-2H3/q+1. The van der Waals surface area contributed by atoms with Gasteiger partial charge < -0.3 is 14.5 Å². The SMILES string of the molecule is C[N+](C)(CCCO)CCCN1c2ccccc2Sc2cc(Cl)cnc21. The van der Waals surface area contributed by atoms with Gasteiger partial charge in [0.15, 0.2) is 0 Å². The number of hydrogen-bond acceptors (Lipinski definition) is 4. The van der Waals surface area contributed by atoms with E-state index < -0.39 is 0 Å². The van der Waals surface area contributed by atoms with E-state index in [1.165, 1.54) is 10.6 Å². The Hall–Kier alpha value is -1.27. The van der Waals surface area contributed by atoms with Gasteiger partial charge >= 0.3 is 0 Å². The van der Waals surface area contributed by atoms with E-state index in [4.69, 9.17) is 16.7 Å². The second-order valence-corrected chi connectivity index (χ2v) is 8.53. The number of para-hydroxylation sites is 1. The highest BCUT2D eigenvalue weighted by atomic mass is 35.5. The molecule has 134 valence electrons. The van der Waals surface area contributed by atoms with Crippen molar-refractivity contribution in [3.8, 4) is 0 Å². The minimum absolute atomic E-state index is 0.260. The van der Waals surface area contributed by atoms with Crippen molar-refractivity contribution in [1.29, 1.82) is 0 Å². The lowest BCUT2D eigenvalue weighted by Gasteiger charge is -2.34. The zero-order chi connectivity index (χ0) is 17.9. The van der Waals surface area contributed by atoms with Gasteiger partial charge in [0.2, 0.25) is 0 Å². The van der Waals surface area contributed by atoms with Crippen LogP contribution in [0.2, 0.25) is 5.02 Å². The quantitative estimate of drug-likeness (QED) is 0.733. The molecular weight excluding hydrogens is 354 g/mol. The van der Waals surface area contributed by atoms with Gasteiger partial charge in [0.25, 0.3) is 0 Å². The van der Waals surface area contributed by atoms with Gasteiger partial charge in [0.05, 0.1) is 42.8 Å². The largest absolute Gasteiger partial charge is 0.396 e. The van der Waals surface area contributed by atoms with Crippen molar-refractivity contribution in [2.45, 2.75) is 22.6 Å². The molecule has 0 atom stereocenters. The molecule has 0 spiro atoms. The van der Waals surface area contributed by atoms with Crippen molar-refractivity contribution in [2.75, 3.05) is 45.2 Å². The van der Waals surface area contributed by atoms with Gasteiger partial charge in [-0.25, -0.2) is 4.98 Å². The summed E-state index contributed by atoms with van der Waals surface area (Å²) in [6.45, 7) is 3.23. The maximum atomic E-state index is 9.06. The Morgan fingerprint density at radius 2 is 1.92 bits per heavy atom. The number of hydrogen-bond donors (Lipinski definition) is 1. The van der Waals surface area contributed by atoms with Crippen molar-refractivity contribution in [2.24, 2.45) is 0 Å². The summed E-state index contributed by atoms with van der Waals surface area (Å²) in [7, 11) is 4.45. The third-order valence-electron chi connectivity index (χ3n) is 4.50. The number of aliphatic hydroxyl groups is 1. The van der Waals surface area contributed by atoms with Crippen LogP contribution in [0.25, 0.3) is 0 Å². The number of fused-ring (bicyclic) bond motifs is 2. The van der Waals surface area contributed by atoms with E-state index in [9.17, 15) is 0 Å². The van der Waals surface area contributed by atoms with Crippen molar-refractivity contribution in [3.63, 3.8) is 0 Å². The van der Waals surface area contributed by atoms with Crippen molar-refractivity contribution >= 4 is 34.9 Å². The first-order valence-corrected chi connectivity index (χ1v) is 9.82. The van der Waals surface area contributed by atoms with Crippen LogP contribution in [0.4, 0.5) is 11.5 Å². The number of aromatic nitrogens is 1. The van der Waals surface area contributed by atoms with Crippen molar-refractivity contribution in [3.05, 3.63) is 41.6 Å². The maximum absolute atomic E-state index is 9.06. The van der Waals surface area contributed by atoms with E-state index >= 15 is 0 Å². The van der Waals surface area contributed by atoms with Gasteiger partial charge in [0.1, 0.15) is 5.82 Å². The summed E-state index contributed by atoms with van der Waals surface area (Å²) >= 11 is 7.88.